The first-order chi connectivity index (χ1) is 15.0. The molecule has 0 atom stereocenters. The van der Waals surface area contributed by atoms with Crippen LogP contribution < -0.4 is 0 Å². The molecule has 31 heavy (non-hydrogen) atoms. The Morgan fingerprint density at radius 3 is 1.58 bits per heavy atom. The highest BCUT2D eigenvalue weighted by Gasteiger charge is 2.16. The lowest BCUT2D eigenvalue weighted by molar-refractivity contribution is -0.890. The normalized spacial score (nSPS) is 11.0. The fourth-order valence-corrected chi connectivity index (χ4v) is 3.77. The van der Waals surface area contributed by atoms with Crippen LogP contribution in [0.25, 0.3) is 5.41 Å². The third-order valence-corrected chi connectivity index (χ3v) is 5.97. The lowest BCUT2D eigenvalue weighted by Crippen LogP contribution is -2.43. The molecule has 0 aliphatic carbocycles. The van der Waals surface area contributed by atoms with Gasteiger partial charge in [-0.05, 0) is 12.8 Å². The molecule has 5 heteroatoms. The molecule has 0 rings (SSSR count). The number of esters is 1. The van der Waals surface area contributed by atoms with E-state index < -0.39 is 11.5 Å². The van der Waals surface area contributed by atoms with Crippen LogP contribution in [0.5, 0.6) is 0 Å². The molecule has 0 radical (unpaired) electrons. The number of carbonyl (C=O) groups excluding carboxylic acids is 1. The molecule has 0 aromatic carbocycles. The number of carbonyl (C=O) groups is 1. The summed E-state index contributed by atoms with van der Waals surface area (Å²) in [5.41, 5.74) is -0.483. The quantitative estimate of drug-likeness (QED) is 0.0514. The van der Waals surface area contributed by atoms with E-state index in [9.17, 15) is 4.79 Å². The van der Waals surface area contributed by atoms with Gasteiger partial charge in [-0.3, -0.25) is 0 Å². The van der Waals surface area contributed by atoms with Crippen molar-refractivity contribution >= 4 is 11.8 Å². The van der Waals surface area contributed by atoms with Crippen molar-refractivity contribution in [3.63, 3.8) is 0 Å². The molecule has 0 aromatic rings. The summed E-state index contributed by atoms with van der Waals surface area (Å²) in [7, 11) is 4.25. The maximum Gasteiger partial charge on any atom is 0.355 e. The maximum absolute atomic E-state index is 11.5. The number of nitrogens with zero attached hydrogens (tertiary/aromatic N) is 3. The van der Waals surface area contributed by atoms with Gasteiger partial charge in [-0.2, -0.15) is 5.26 Å². The van der Waals surface area contributed by atoms with Gasteiger partial charge in [0, 0.05) is 0 Å². The maximum atomic E-state index is 11.5. The number of ether oxygens (including phenoxy) is 1. The number of hydrogen-bond acceptors (Lipinski definition) is 3. The zero-order chi connectivity index (χ0) is 23.2. The molecule has 0 spiro atoms. The molecule has 0 bridgehead atoms. The third kappa shape index (κ3) is 18.8. The van der Waals surface area contributed by atoms with Gasteiger partial charge < -0.3 is 14.6 Å². The highest BCUT2D eigenvalue weighted by Crippen LogP contribution is 2.14. The Labute approximate surface area is 191 Å². The van der Waals surface area contributed by atoms with Gasteiger partial charge in [0.1, 0.15) is 19.2 Å². The fraction of sp³-hybridized carbons (Fsp3) is 0.846. The summed E-state index contributed by atoms with van der Waals surface area (Å²) in [6, 6.07) is 1.56. The van der Waals surface area contributed by atoms with Crippen LogP contribution in [0, 0.1) is 11.3 Å². The van der Waals surface area contributed by atoms with E-state index in [1.807, 2.05) is 0 Å². The van der Waals surface area contributed by atoms with Crippen LogP contribution in [0.1, 0.15) is 110 Å². The van der Waals surface area contributed by atoms with Crippen molar-refractivity contribution in [3.05, 3.63) is 11.0 Å². The molecular weight excluding hydrogens is 386 g/mol. The Morgan fingerprint density at radius 1 is 0.774 bits per heavy atom. The van der Waals surface area contributed by atoms with Gasteiger partial charge >= 0.3 is 5.97 Å². The second-order valence-corrected chi connectivity index (χ2v) is 9.42. The summed E-state index contributed by atoms with van der Waals surface area (Å²) in [5, 5.41) is 17.3. The van der Waals surface area contributed by atoms with Gasteiger partial charge in [-0.15, -0.1) is 0 Å². The van der Waals surface area contributed by atoms with Crippen molar-refractivity contribution in [1.82, 2.24) is 0 Å². The minimum atomic E-state index is -0.813. The van der Waals surface area contributed by atoms with Crippen LogP contribution in [0.15, 0.2) is 5.57 Å². The standard InChI is InChI=1S/C26H47N3O2/c1-4-5-6-7-8-9-10-11-12-13-14-15-16-17-18-19-20-29(2,3)21-22-31-26(30)25(23-27)24-28/h4-22H2,1-3H3. The van der Waals surface area contributed by atoms with E-state index in [4.69, 9.17) is 15.4 Å². The Kier molecular flexibility index (Phi) is 19.2. The minimum absolute atomic E-state index is 0.234. The molecule has 0 saturated carbocycles. The molecule has 0 amide bonds. The average molecular weight is 434 g/mol. The third-order valence-electron chi connectivity index (χ3n) is 5.97. The Hall–Kier alpha value is -1.63. The summed E-state index contributed by atoms with van der Waals surface area (Å²) in [5.74, 6) is 0.748. The molecule has 0 aliphatic rings. The molecule has 0 aromatic heterocycles. The molecule has 0 fully saturated rings. The van der Waals surface area contributed by atoms with Crippen molar-refractivity contribution < 1.29 is 14.0 Å². The average Bonchev–Trinajstić information content (AvgIpc) is 2.74. The van der Waals surface area contributed by atoms with E-state index in [1.54, 1.807) is 11.9 Å². The summed E-state index contributed by atoms with van der Waals surface area (Å²) >= 11 is 0. The highest BCUT2D eigenvalue weighted by atomic mass is 16.5. The van der Waals surface area contributed by atoms with Crippen molar-refractivity contribution in [2.75, 3.05) is 33.8 Å². The summed E-state index contributed by atoms with van der Waals surface area (Å²) in [4.78, 5) is 11.5. The first kappa shape index (κ1) is 29.4. The van der Waals surface area contributed by atoms with Gasteiger partial charge in [-0.25, -0.2) is 10.7 Å². The van der Waals surface area contributed by atoms with Gasteiger partial charge in [0.05, 0.1) is 20.6 Å². The number of hydrogen-bond donors (Lipinski definition) is 0. The molecule has 0 saturated heterocycles. The number of likely N-dealkylation sites (N-methyl/N-ethyl adjacent to an activating group) is 1. The van der Waals surface area contributed by atoms with Crippen molar-refractivity contribution in [1.29, 1.82) is 5.26 Å². The molecule has 0 heterocycles. The lowest BCUT2D eigenvalue weighted by atomic mass is 10.0. The first-order valence-electron chi connectivity index (χ1n) is 12.6. The number of nitriles is 1. The number of unbranched alkanes of at least 4 members (excludes halogenated alkanes) is 15. The minimum Gasteiger partial charge on any atom is -0.762 e. The fourth-order valence-electron chi connectivity index (χ4n) is 3.77. The van der Waals surface area contributed by atoms with E-state index in [1.165, 1.54) is 103 Å². The van der Waals surface area contributed by atoms with E-state index in [0.717, 1.165) is 11.0 Å². The van der Waals surface area contributed by atoms with Crippen LogP contribution in [0.4, 0.5) is 0 Å². The van der Waals surface area contributed by atoms with Crippen molar-refractivity contribution in [2.45, 2.75) is 110 Å². The lowest BCUT2D eigenvalue weighted by Gasteiger charge is -2.29. The number of quaternary nitrogens is 1. The summed E-state index contributed by atoms with van der Waals surface area (Å²) < 4.78 is 5.80. The zero-order valence-corrected chi connectivity index (χ0v) is 20.6. The Balaban J connectivity index is 3.46. The SMILES string of the molecule is CCCCCCCCCCCCCCCCCC[N+](C)(C)CCOC(=O)C(=C=[N-])C#N. The molecule has 0 unspecified atom stereocenters. The van der Waals surface area contributed by atoms with E-state index in [0.29, 0.717) is 6.54 Å². The Morgan fingerprint density at radius 2 is 1.19 bits per heavy atom. The largest absolute Gasteiger partial charge is 0.762 e. The molecule has 0 N–H and O–H groups in total. The van der Waals surface area contributed by atoms with E-state index in [2.05, 4.69) is 21.0 Å². The van der Waals surface area contributed by atoms with Gasteiger partial charge in [0.15, 0.2) is 5.57 Å². The van der Waals surface area contributed by atoms with Crippen LogP contribution in [-0.4, -0.2) is 50.1 Å². The van der Waals surface area contributed by atoms with Crippen LogP contribution >= 0.6 is 0 Å². The van der Waals surface area contributed by atoms with Gasteiger partial charge in [-0.1, -0.05) is 96.8 Å². The predicted molar refractivity (Wildman–Crippen MR) is 130 cm³/mol. The highest BCUT2D eigenvalue weighted by molar-refractivity contribution is 6.02. The second-order valence-electron chi connectivity index (χ2n) is 9.42. The van der Waals surface area contributed by atoms with Crippen LogP contribution in [0.2, 0.25) is 0 Å². The zero-order valence-electron chi connectivity index (χ0n) is 20.6. The Bertz CT molecular complexity index is 545. The van der Waals surface area contributed by atoms with Crippen LogP contribution in [0.3, 0.4) is 0 Å². The first-order valence-corrected chi connectivity index (χ1v) is 12.6. The molecular formula is C26H47N3O2. The summed E-state index contributed by atoms with van der Waals surface area (Å²) in [6.45, 7) is 4.24. The van der Waals surface area contributed by atoms with Gasteiger partial charge in [0.2, 0.25) is 0 Å². The van der Waals surface area contributed by atoms with Gasteiger partial charge in [0.25, 0.3) is 0 Å². The smallest absolute Gasteiger partial charge is 0.355 e. The molecule has 178 valence electrons. The van der Waals surface area contributed by atoms with E-state index >= 15 is 0 Å². The topological polar surface area (TPSA) is 72.4 Å². The number of rotatable bonds is 21. The predicted octanol–water partition coefficient (Wildman–Crippen LogP) is 6.56. The second kappa shape index (κ2) is 20.3. The summed E-state index contributed by atoms with van der Waals surface area (Å²) in [6.07, 6.45) is 21.9. The van der Waals surface area contributed by atoms with Crippen molar-refractivity contribution in [2.24, 2.45) is 0 Å². The molecule has 0 aliphatic heterocycles. The molecule has 5 nitrogen and oxygen atoms in total. The van der Waals surface area contributed by atoms with Crippen LogP contribution in [-0.2, 0) is 9.53 Å². The monoisotopic (exact) mass is 433 g/mol. The van der Waals surface area contributed by atoms with Crippen molar-refractivity contribution in [3.8, 4) is 6.07 Å². The van der Waals surface area contributed by atoms with E-state index in [-0.39, 0.29) is 6.61 Å².